The maximum atomic E-state index is 11.3. The average Bonchev–Trinajstić information content (AvgIpc) is 2.09. The van der Waals surface area contributed by atoms with E-state index in [1.165, 1.54) is 0 Å². The topological polar surface area (TPSA) is 167 Å². The van der Waals surface area contributed by atoms with Crippen LogP contribution < -0.4 is 0 Å². The van der Waals surface area contributed by atoms with Crippen molar-refractivity contribution in [2.75, 3.05) is 5.75 Å². The van der Waals surface area contributed by atoms with Gasteiger partial charge in [0, 0.05) is 20.8 Å². The molecule has 0 unspecified atom stereocenters. The van der Waals surface area contributed by atoms with Gasteiger partial charge in [0.15, 0.2) is 0 Å². The van der Waals surface area contributed by atoms with E-state index in [1.54, 1.807) is 0 Å². The number of carbonyl (C=O) groups is 4. The van der Waals surface area contributed by atoms with Gasteiger partial charge in [-0.05, 0) is 0 Å². The molecule has 0 aromatic carbocycles. The molecule has 0 aliphatic carbocycles. The molecule has 0 radical (unpaired) electrons. The molecule has 0 saturated heterocycles. The largest absolute Gasteiger partial charge is 0.653 e. The van der Waals surface area contributed by atoms with E-state index in [-0.39, 0.29) is 6.29 Å². The zero-order chi connectivity index (χ0) is 17.3. The van der Waals surface area contributed by atoms with Crippen LogP contribution in [0.4, 0.5) is 0 Å². The van der Waals surface area contributed by atoms with Crippen LogP contribution in [0.3, 0.4) is 0 Å². The van der Waals surface area contributed by atoms with Gasteiger partial charge >= 0.3 is 25.7 Å². The zero-order valence-corrected chi connectivity index (χ0v) is 12.9. The van der Waals surface area contributed by atoms with E-state index in [0.717, 1.165) is 20.8 Å². The standard InChI is InChI=1S/C6H9O7P.C2H4O4S/c1-4(7)11-14(10,12-5(2)8)13-6(3)9;3-1-2-7(4,5)6/h1-3H3;1H,2H2,(H,4,5,6). The molecule has 0 aliphatic heterocycles. The van der Waals surface area contributed by atoms with Crippen molar-refractivity contribution in [3.05, 3.63) is 0 Å². The third-order valence-electron chi connectivity index (χ3n) is 1.000. The number of phosphoric acid groups is 1. The van der Waals surface area contributed by atoms with Crippen LogP contribution in [0.5, 0.6) is 0 Å². The monoisotopic (exact) mass is 348 g/mol. The molecule has 0 atom stereocenters. The minimum atomic E-state index is -4.44. The summed E-state index contributed by atoms with van der Waals surface area (Å²) < 4.78 is 50.5. The van der Waals surface area contributed by atoms with Gasteiger partial charge in [-0.25, -0.2) is 0 Å². The van der Waals surface area contributed by atoms with E-state index in [1.807, 2.05) is 0 Å². The van der Waals surface area contributed by atoms with Gasteiger partial charge in [-0.3, -0.25) is 18.9 Å². The van der Waals surface area contributed by atoms with E-state index in [9.17, 15) is 32.2 Å². The summed E-state index contributed by atoms with van der Waals surface area (Å²) in [4.78, 5) is 40.6. The first-order valence-electron chi connectivity index (χ1n) is 4.90. The summed E-state index contributed by atoms with van der Waals surface area (Å²) in [6, 6.07) is 0. The van der Waals surface area contributed by atoms with Crippen molar-refractivity contribution in [3.63, 3.8) is 0 Å². The van der Waals surface area contributed by atoms with Gasteiger partial charge in [0.1, 0.15) is 12.0 Å². The predicted molar refractivity (Wildman–Crippen MR) is 65.4 cm³/mol. The summed E-state index contributed by atoms with van der Waals surface area (Å²) in [5.41, 5.74) is 0. The van der Waals surface area contributed by atoms with Crippen molar-refractivity contribution >= 4 is 42.1 Å². The molecule has 0 heterocycles. The number of phosphoric ester groups is 1. The Balaban J connectivity index is 0. The summed E-state index contributed by atoms with van der Waals surface area (Å²) in [5.74, 6) is -3.78. The highest BCUT2D eigenvalue weighted by atomic mass is 32.2. The van der Waals surface area contributed by atoms with Crippen LogP contribution in [-0.4, -0.2) is 42.9 Å². The Bertz CT molecular complexity index is 501. The lowest BCUT2D eigenvalue weighted by molar-refractivity contribution is -0.141. The Kier molecular flexibility index (Phi) is 9.44. The second-order valence-corrected chi connectivity index (χ2v) is 6.05. The molecular formula is C8H13O11PS. The Hall–Kier alpha value is -1.78. The molecule has 0 aromatic heterocycles. The highest BCUT2D eigenvalue weighted by Gasteiger charge is 2.36. The lowest BCUT2D eigenvalue weighted by Gasteiger charge is -2.12. The van der Waals surface area contributed by atoms with Gasteiger partial charge in [0.05, 0.1) is 0 Å². The summed E-state index contributed by atoms with van der Waals surface area (Å²) in [6.45, 7) is 2.79. The second kappa shape index (κ2) is 9.21. The molecule has 21 heavy (non-hydrogen) atoms. The minimum Gasteiger partial charge on any atom is -0.352 e. The van der Waals surface area contributed by atoms with E-state index >= 15 is 0 Å². The first-order valence-corrected chi connectivity index (χ1v) is 7.97. The molecule has 11 nitrogen and oxygen atoms in total. The maximum absolute atomic E-state index is 11.3. The van der Waals surface area contributed by atoms with E-state index in [4.69, 9.17) is 4.55 Å². The summed E-state index contributed by atoms with van der Waals surface area (Å²) in [6.07, 6.45) is 0.120. The first kappa shape index (κ1) is 21.5. The van der Waals surface area contributed by atoms with Crippen LogP contribution >= 0.6 is 7.82 Å². The Morgan fingerprint density at radius 1 is 1.00 bits per heavy atom. The summed E-state index contributed by atoms with van der Waals surface area (Å²) >= 11 is 0. The summed E-state index contributed by atoms with van der Waals surface area (Å²) in [7, 11) is -8.48. The van der Waals surface area contributed by atoms with Gasteiger partial charge in [-0.15, -0.1) is 0 Å². The van der Waals surface area contributed by atoms with E-state index < -0.39 is 41.6 Å². The van der Waals surface area contributed by atoms with E-state index in [0.29, 0.717) is 0 Å². The molecule has 0 spiro atoms. The minimum absolute atomic E-state index is 0.120. The molecule has 0 aliphatic rings. The quantitative estimate of drug-likeness (QED) is 0.398. The van der Waals surface area contributed by atoms with Crippen molar-refractivity contribution in [2.45, 2.75) is 20.8 Å². The molecule has 0 fully saturated rings. The van der Waals surface area contributed by atoms with Crippen molar-refractivity contribution in [2.24, 2.45) is 0 Å². The fraction of sp³-hybridized carbons (Fsp3) is 0.500. The molecule has 0 amide bonds. The van der Waals surface area contributed by atoms with Crippen LogP contribution in [0, 0.1) is 0 Å². The molecule has 1 N–H and O–H groups in total. The van der Waals surface area contributed by atoms with Gasteiger partial charge < -0.3 is 18.4 Å². The predicted octanol–water partition coefficient (Wildman–Crippen LogP) is -0.143. The molecule has 0 bridgehead atoms. The van der Waals surface area contributed by atoms with Crippen molar-refractivity contribution in [1.82, 2.24) is 0 Å². The fourth-order valence-electron chi connectivity index (χ4n) is 0.614. The molecule has 122 valence electrons. The second-order valence-electron chi connectivity index (χ2n) is 3.11. The lowest BCUT2D eigenvalue weighted by atomic mass is 10.9. The molecule has 13 heteroatoms. The van der Waals surface area contributed by atoms with Crippen molar-refractivity contribution < 1.29 is 50.3 Å². The van der Waals surface area contributed by atoms with Gasteiger partial charge in [0.2, 0.25) is 0 Å². The third kappa shape index (κ3) is 16.2. The molecule has 0 saturated carbocycles. The normalized spacial score (nSPS) is 10.5. The number of hydrogen-bond acceptors (Lipinski definition) is 10. The van der Waals surface area contributed by atoms with Gasteiger partial charge in [-0.1, -0.05) is 0 Å². The Morgan fingerprint density at radius 3 is 1.38 bits per heavy atom. The fourth-order valence-corrected chi connectivity index (χ4v) is 1.84. The average molecular weight is 348 g/mol. The lowest BCUT2D eigenvalue weighted by Crippen LogP contribution is -2.09. The zero-order valence-electron chi connectivity index (χ0n) is 11.2. The number of hydrogen-bond donors (Lipinski definition) is 1. The van der Waals surface area contributed by atoms with Gasteiger partial charge in [0.25, 0.3) is 10.1 Å². The van der Waals surface area contributed by atoms with Crippen molar-refractivity contribution in [3.8, 4) is 0 Å². The first-order chi connectivity index (χ1) is 9.31. The van der Waals surface area contributed by atoms with Crippen LogP contribution in [0.2, 0.25) is 0 Å². The van der Waals surface area contributed by atoms with Crippen LogP contribution in [0.15, 0.2) is 0 Å². The maximum Gasteiger partial charge on any atom is 0.653 e. The highest BCUT2D eigenvalue weighted by Crippen LogP contribution is 2.49. The van der Waals surface area contributed by atoms with Crippen LogP contribution in [0.25, 0.3) is 0 Å². The van der Waals surface area contributed by atoms with Crippen LogP contribution in [0.1, 0.15) is 20.8 Å². The number of rotatable bonds is 5. The molecular weight excluding hydrogens is 335 g/mol. The van der Waals surface area contributed by atoms with E-state index in [2.05, 4.69) is 13.6 Å². The Morgan fingerprint density at radius 2 is 1.29 bits per heavy atom. The highest BCUT2D eigenvalue weighted by molar-refractivity contribution is 7.86. The Labute approximate surface area is 119 Å². The number of carbonyl (C=O) groups excluding carboxylic acids is 4. The SMILES string of the molecule is CC(=O)OP(=O)(OC(C)=O)OC(C)=O.O=CCS(=O)(=O)O. The third-order valence-corrected chi connectivity index (χ3v) is 3.00. The van der Waals surface area contributed by atoms with Crippen molar-refractivity contribution in [1.29, 1.82) is 0 Å². The summed E-state index contributed by atoms with van der Waals surface area (Å²) in [5, 5.41) is 0. The molecule has 0 rings (SSSR count). The van der Waals surface area contributed by atoms with Crippen LogP contribution in [-0.2, 0) is 47.4 Å². The molecule has 0 aromatic rings. The number of aldehydes is 1. The van der Waals surface area contributed by atoms with Gasteiger partial charge in [-0.2, -0.15) is 13.0 Å². The smallest absolute Gasteiger partial charge is 0.352 e.